The van der Waals surface area contributed by atoms with Gasteiger partial charge in [-0.3, -0.25) is 0 Å². The molecule has 5 N–H and O–H groups in total. The van der Waals surface area contributed by atoms with Gasteiger partial charge in [0, 0.05) is 23.4 Å². The van der Waals surface area contributed by atoms with Gasteiger partial charge in [-0.15, -0.1) is 0 Å². The Kier molecular flexibility index (Phi) is 7.01. The molecule has 2 heterocycles. The van der Waals surface area contributed by atoms with Gasteiger partial charge >= 0.3 is 5.63 Å². The van der Waals surface area contributed by atoms with Gasteiger partial charge in [-0.1, -0.05) is 0 Å². The molecule has 1 saturated heterocycles. The first-order chi connectivity index (χ1) is 14.6. The molecular weight excluding hydrogens is 412 g/mol. The molecule has 10 nitrogen and oxygen atoms in total. The maximum Gasteiger partial charge on any atom is 0.336 e. The van der Waals surface area contributed by atoms with Crippen LogP contribution in [0.15, 0.2) is 33.5 Å². The first-order valence-corrected chi connectivity index (χ1v) is 9.85. The lowest BCUT2D eigenvalue weighted by Crippen LogP contribution is -2.60. The molecule has 10 heteroatoms. The van der Waals surface area contributed by atoms with Gasteiger partial charge in [-0.25, -0.2) is 4.79 Å². The van der Waals surface area contributed by atoms with Crippen LogP contribution in [0.4, 0.5) is 0 Å². The Hall–Kier alpha value is -2.05. The molecule has 1 aliphatic rings. The van der Waals surface area contributed by atoms with Crippen molar-refractivity contribution in [2.45, 2.75) is 62.7 Å². The van der Waals surface area contributed by atoms with Crippen LogP contribution in [0.5, 0.6) is 5.75 Å². The fourth-order valence-electron chi connectivity index (χ4n) is 3.55. The molecule has 1 aromatic carbocycles. The molecule has 6 atom stereocenters. The summed E-state index contributed by atoms with van der Waals surface area (Å²) in [6.45, 7) is 2.35. The molecular formula is C21H28O10. The first kappa shape index (κ1) is 23.6. The molecule has 2 aromatic rings. The number of fused-ring (bicyclic) bond motifs is 1. The minimum Gasteiger partial charge on any atom is -0.496 e. The zero-order valence-corrected chi connectivity index (χ0v) is 17.5. The fraction of sp³-hybridized carbons (Fsp3) is 0.571. The van der Waals surface area contributed by atoms with E-state index in [-0.39, 0.29) is 12.0 Å². The van der Waals surface area contributed by atoms with Crippen molar-refractivity contribution < 1.29 is 44.2 Å². The maximum atomic E-state index is 11.8. The predicted octanol–water partition coefficient (Wildman–Crippen LogP) is -0.700. The normalized spacial score (nSPS) is 27.9. The maximum absolute atomic E-state index is 11.8. The van der Waals surface area contributed by atoms with E-state index in [1.807, 2.05) is 0 Å². The van der Waals surface area contributed by atoms with Gasteiger partial charge in [-0.05, 0) is 32.0 Å². The number of hydrogen-bond donors (Lipinski definition) is 5. The standard InChI is InChI=1S/C21H28O10/c1-21(2,27)14(30-20-18(26)17(25)16(24)13(9-22)29-20)8-11-12(28-3)6-4-10-5-7-15(23)31-19(10)11/h4-7,13-14,16-18,20,22,24-27H,8-9H2,1-3H3/t13-,14+,16-,17+,18-,20-/m0/s1. The van der Waals surface area contributed by atoms with Crippen LogP contribution >= 0.6 is 0 Å². The van der Waals surface area contributed by atoms with Crippen molar-refractivity contribution in [2.24, 2.45) is 0 Å². The number of aliphatic hydroxyl groups excluding tert-OH is 4. The van der Waals surface area contributed by atoms with E-state index in [0.29, 0.717) is 16.7 Å². The first-order valence-electron chi connectivity index (χ1n) is 9.85. The average molecular weight is 440 g/mol. The summed E-state index contributed by atoms with van der Waals surface area (Å²) in [5.41, 5.74) is -1.31. The monoisotopic (exact) mass is 440 g/mol. The molecule has 31 heavy (non-hydrogen) atoms. The molecule has 0 unspecified atom stereocenters. The number of methoxy groups -OCH3 is 1. The molecule has 1 aromatic heterocycles. The average Bonchev–Trinajstić information content (AvgIpc) is 2.72. The summed E-state index contributed by atoms with van der Waals surface area (Å²) in [6.07, 6.45) is -8.42. The van der Waals surface area contributed by atoms with E-state index in [1.54, 1.807) is 18.2 Å². The van der Waals surface area contributed by atoms with Crippen molar-refractivity contribution >= 4 is 11.0 Å². The quantitative estimate of drug-likeness (QED) is 0.349. The van der Waals surface area contributed by atoms with Crippen LogP contribution in [-0.2, 0) is 15.9 Å². The van der Waals surface area contributed by atoms with Crippen LogP contribution in [0, 0.1) is 0 Å². The Morgan fingerprint density at radius 1 is 1.10 bits per heavy atom. The Morgan fingerprint density at radius 2 is 1.77 bits per heavy atom. The smallest absolute Gasteiger partial charge is 0.336 e. The largest absolute Gasteiger partial charge is 0.496 e. The Labute approximate surface area is 178 Å². The van der Waals surface area contributed by atoms with Crippen molar-refractivity contribution in [3.05, 3.63) is 40.2 Å². The second-order valence-corrected chi connectivity index (χ2v) is 8.10. The zero-order valence-electron chi connectivity index (χ0n) is 17.5. The van der Waals surface area contributed by atoms with Gasteiger partial charge in [0.15, 0.2) is 6.29 Å². The minimum atomic E-state index is -1.63. The molecule has 0 spiro atoms. The summed E-state index contributed by atoms with van der Waals surface area (Å²) in [7, 11) is 1.45. The van der Waals surface area contributed by atoms with Crippen molar-refractivity contribution in [3.63, 3.8) is 0 Å². The second-order valence-electron chi connectivity index (χ2n) is 8.10. The third-order valence-electron chi connectivity index (χ3n) is 5.39. The third kappa shape index (κ3) is 4.90. The van der Waals surface area contributed by atoms with Crippen LogP contribution in [0.2, 0.25) is 0 Å². The predicted molar refractivity (Wildman–Crippen MR) is 108 cm³/mol. The summed E-state index contributed by atoms with van der Waals surface area (Å²) in [5.74, 6) is 0.397. The van der Waals surface area contributed by atoms with Crippen LogP contribution in [0.25, 0.3) is 11.0 Å². The molecule has 1 fully saturated rings. The summed E-state index contributed by atoms with van der Waals surface area (Å²) in [4.78, 5) is 11.8. The minimum absolute atomic E-state index is 0.00795. The van der Waals surface area contributed by atoms with Gasteiger partial charge in [0.1, 0.15) is 35.7 Å². The van der Waals surface area contributed by atoms with Crippen LogP contribution in [0.3, 0.4) is 0 Å². The Morgan fingerprint density at radius 3 is 2.39 bits per heavy atom. The van der Waals surface area contributed by atoms with Crippen LogP contribution < -0.4 is 10.4 Å². The Bertz CT molecular complexity index is 947. The molecule has 0 radical (unpaired) electrons. The SMILES string of the molecule is COc1ccc2ccc(=O)oc2c1C[C@@H](O[C@@H]1O[C@@H](CO)[C@H](O)[C@@H](O)[C@@H]1O)C(C)(C)O. The Balaban J connectivity index is 1.97. The highest BCUT2D eigenvalue weighted by molar-refractivity contribution is 5.82. The molecule has 0 bridgehead atoms. The van der Waals surface area contributed by atoms with Crippen molar-refractivity contribution in [1.82, 2.24) is 0 Å². The third-order valence-corrected chi connectivity index (χ3v) is 5.39. The van der Waals surface area contributed by atoms with Gasteiger partial charge in [0.25, 0.3) is 0 Å². The van der Waals surface area contributed by atoms with E-state index in [1.165, 1.54) is 27.0 Å². The molecule has 0 aliphatic carbocycles. The van der Waals surface area contributed by atoms with Crippen LogP contribution in [0.1, 0.15) is 19.4 Å². The van der Waals surface area contributed by atoms with E-state index >= 15 is 0 Å². The highest BCUT2D eigenvalue weighted by Crippen LogP contribution is 2.33. The molecule has 172 valence electrons. The van der Waals surface area contributed by atoms with Gasteiger partial charge in [0.2, 0.25) is 0 Å². The summed E-state index contributed by atoms with van der Waals surface area (Å²) < 4.78 is 22.0. The van der Waals surface area contributed by atoms with Crippen molar-refractivity contribution in [2.75, 3.05) is 13.7 Å². The highest BCUT2D eigenvalue weighted by Gasteiger charge is 2.46. The summed E-state index contributed by atoms with van der Waals surface area (Å²) in [5, 5.41) is 51.0. The topological polar surface area (TPSA) is 159 Å². The van der Waals surface area contributed by atoms with E-state index in [4.69, 9.17) is 18.6 Å². The lowest BCUT2D eigenvalue weighted by atomic mass is 9.93. The van der Waals surface area contributed by atoms with Gasteiger partial charge < -0.3 is 44.2 Å². The number of hydrogen-bond acceptors (Lipinski definition) is 10. The summed E-state index contributed by atoms with van der Waals surface area (Å²) >= 11 is 0. The number of ether oxygens (including phenoxy) is 3. The van der Waals surface area contributed by atoms with E-state index < -0.39 is 54.6 Å². The van der Waals surface area contributed by atoms with Gasteiger partial charge in [0.05, 0.1) is 25.4 Å². The molecule has 0 amide bonds. The lowest BCUT2D eigenvalue weighted by molar-refractivity contribution is -0.321. The van der Waals surface area contributed by atoms with Crippen molar-refractivity contribution in [1.29, 1.82) is 0 Å². The number of rotatable bonds is 7. The lowest BCUT2D eigenvalue weighted by Gasteiger charge is -2.42. The number of aliphatic hydroxyl groups is 5. The van der Waals surface area contributed by atoms with Crippen LogP contribution in [-0.4, -0.2) is 81.7 Å². The van der Waals surface area contributed by atoms with Gasteiger partial charge in [-0.2, -0.15) is 0 Å². The second kappa shape index (κ2) is 9.21. The zero-order chi connectivity index (χ0) is 22.9. The number of benzene rings is 1. The molecule has 3 rings (SSSR count). The van der Waals surface area contributed by atoms with E-state index in [9.17, 15) is 30.3 Å². The summed E-state index contributed by atoms with van der Waals surface area (Å²) in [6, 6.07) is 6.29. The molecule has 0 saturated carbocycles. The fourth-order valence-corrected chi connectivity index (χ4v) is 3.55. The van der Waals surface area contributed by atoms with E-state index in [0.717, 1.165) is 0 Å². The molecule has 1 aliphatic heterocycles. The highest BCUT2D eigenvalue weighted by atomic mass is 16.7. The van der Waals surface area contributed by atoms with Crippen molar-refractivity contribution in [3.8, 4) is 5.75 Å². The van der Waals surface area contributed by atoms with E-state index in [2.05, 4.69) is 0 Å².